The Labute approximate surface area is 221 Å². The molecule has 0 aromatic rings. The van der Waals surface area contributed by atoms with Crippen molar-refractivity contribution in [2.75, 3.05) is 26.4 Å². The van der Waals surface area contributed by atoms with Crippen molar-refractivity contribution in [3.05, 3.63) is 0 Å². The maximum atomic E-state index is 6.07. The first-order chi connectivity index (χ1) is 17.8. The van der Waals surface area contributed by atoms with E-state index in [0.29, 0.717) is 11.1 Å². The number of hydrogen-bond donors (Lipinski definition) is 0. The fraction of sp³-hybridized carbons (Fsp3) is 1.00. The molecule has 2 heterocycles. The van der Waals surface area contributed by atoms with E-state index in [9.17, 15) is 0 Å². The van der Waals surface area contributed by atoms with E-state index in [-0.39, 0.29) is 14.2 Å². The molecule has 0 aromatic heterocycles. The van der Waals surface area contributed by atoms with Crippen LogP contribution in [-0.2, 0) is 18.6 Å². The van der Waals surface area contributed by atoms with Crippen molar-refractivity contribution in [1.82, 2.24) is 0 Å². The predicted octanol–water partition coefficient (Wildman–Crippen LogP) is 7.18. The SMILES string of the molecule is C1CC2CCCC3CC(B4OCCO4)CC(C1)C23.C1CC2CCCC3CCCC(C1)C23B1OCCO1. The smallest absolute Gasteiger partial charge is 0.409 e. The van der Waals surface area contributed by atoms with E-state index in [1.807, 2.05) is 0 Å². The maximum absolute atomic E-state index is 6.07. The van der Waals surface area contributed by atoms with E-state index in [2.05, 4.69) is 0 Å². The van der Waals surface area contributed by atoms with Gasteiger partial charge in [0, 0.05) is 5.31 Å². The minimum atomic E-state index is 0.147. The third-order valence-corrected chi connectivity index (χ3v) is 12.6. The van der Waals surface area contributed by atoms with Gasteiger partial charge in [-0.15, -0.1) is 0 Å². The molecule has 2 unspecified atom stereocenters. The van der Waals surface area contributed by atoms with E-state index in [4.69, 9.17) is 18.6 Å². The lowest BCUT2D eigenvalue weighted by Crippen LogP contribution is -2.55. The molecule has 2 aliphatic heterocycles. The van der Waals surface area contributed by atoms with Crippen molar-refractivity contribution in [1.29, 1.82) is 0 Å². The van der Waals surface area contributed by atoms with Gasteiger partial charge in [0.2, 0.25) is 0 Å². The van der Waals surface area contributed by atoms with E-state index < -0.39 is 0 Å². The van der Waals surface area contributed by atoms with Crippen molar-refractivity contribution in [3.63, 3.8) is 0 Å². The molecular formula is C30H50B2O4. The van der Waals surface area contributed by atoms with Gasteiger partial charge in [-0.2, -0.15) is 0 Å². The van der Waals surface area contributed by atoms with Crippen molar-refractivity contribution in [3.8, 4) is 0 Å². The van der Waals surface area contributed by atoms with Crippen LogP contribution in [0.2, 0.25) is 11.1 Å². The Morgan fingerprint density at radius 1 is 0.472 bits per heavy atom. The highest BCUT2D eigenvalue weighted by atomic mass is 16.6. The molecule has 0 N–H and O–H groups in total. The van der Waals surface area contributed by atoms with Crippen LogP contribution < -0.4 is 0 Å². The third kappa shape index (κ3) is 4.37. The molecule has 36 heavy (non-hydrogen) atoms. The highest BCUT2D eigenvalue weighted by molar-refractivity contribution is 6.49. The van der Waals surface area contributed by atoms with Crippen LogP contribution in [-0.4, -0.2) is 40.7 Å². The van der Waals surface area contributed by atoms with Gasteiger partial charge in [0.25, 0.3) is 0 Å². The lowest BCUT2D eigenvalue weighted by molar-refractivity contribution is 0.00327. The van der Waals surface area contributed by atoms with Gasteiger partial charge in [-0.05, 0) is 60.1 Å². The van der Waals surface area contributed by atoms with Crippen LogP contribution in [0, 0.1) is 41.4 Å². The Balaban J connectivity index is 0.000000122. The van der Waals surface area contributed by atoms with Crippen LogP contribution in [0.1, 0.15) is 109 Å². The maximum Gasteiger partial charge on any atom is 0.464 e. The average Bonchev–Trinajstić information content (AvgIpc) is 3.65. The molecular weight excluding hydrogens is 446 g/mol. The molecule has 0 radical (unpaired) electrons. The normalized spacial score (nSPS) is 48.0. The second-order valence-corrected chi connectivity index (χ2v) is 14.0. The molecule has 6 aliphatic carbocycles. The van der Waals surface area contributed by atoms with E-state index in [0.717, 1.165) is 67.9 Å². The molecule has 0 amide bonds. The summed E-state index contributed by atoms with van der Waals surface area (Å²) in [5.74, 6) is 7.56. The van der Waals surface area contributed by atoms with Gasteiger partial charge >= 0.3 is 14.2 Å². The lowest BCUT2D eigenvalue weighted by atomic mass is 9.33. The summed E-state index contributed by atoms with van der Waals surface area (Å²) in [5.41, 5.74) is 0. The van der Waals surface area contributed by atoms with Gasteiger partial charge in [0.1, 0.15) is 0 Å². The average molecular weight is 496 g/mol. The minimum Gasteiger partial charge on any atom is -0.409 e. The molecule has 2 saturated heterocycles. The second-order valence-electron chi connectivity index (χ2n) is 14.0. The first kappa shape index (κ1) is 25.0. The summed E-state index contributed by atoms with van der Waals surface area (Å²) in [7, 11) is 0.298. The molecule has 200 valence electrons. The van der Waals surface area contributed by atoms with Crippen molar-refractivity contribution >= 4 is 14.2 Å². The zero-order chi connectivity index (χ0) is 24.0. The summed E-state index contributed by atoms with van der Waals surface area (Å²) in [5, 5.41) is 0.422. The summed E-state index contributed by atoms with van der Waals surface area (Å²) >= 11 is 0. The van der Waals surface area contributed by atoms with Crippen LogP contribution in [0.4, 0.5) is 0 Å². The van der Waals surface area contributed by atoms with E-state index in [1.54, 1.807) is 0 Å². The molecule has 0 spiro atoms. The third-order valence-electron chi connectivity index (χ3n) is 12.6. The largest absolute Gasteiger partial charge is 0.464 e. The van der Waals surface area contributed by atoms with Gasteiger partial charge in [-0.25, -0.2) is 0 Å². The van der Waals surface area contributed by atoms with Crippen molar-refractivity contribution in [2.24, 2.45) is 41.4 Å². The Bertz CT molecular complexity index is 664. The standard InChI is InChI=1S/2C15H25BO2/c1-4-12-6-2-8-14-9-3-7-13(5-1)15(12,14)16-17-10-11-18-16;1-3-11-4-2-6-13-10-14(16-17-7-8-18-16)9-12(5-1)15(11)13/h12-14H,1-11H2;11-15H,1-10H2. The van der Waals surface area contributed by atoms with Crippen LogP contribution in [0.5, 0.6) is 0 Å². The monoisotopic (exact) mass is 496 g/mol. The summed E-state index contributed by atoms with van der Waals surface area (Å²) in [6, 6.07) is 0. The molecule has 8 rings (SSSR count). The van der Waals surface area contributed by atoms with E-state index in [1.165, 1.54) is 109 Å². The molecule has 2 atom stereocenters. The lowest BCUT2D eigenvalue weighted by Gasteiger charge is -2.59. The highest BCUT2D eigenvalue weighted by Crippen LogP contribution is 2.68. The Morgan fingerprint density at radius 3 is 1.39 bits per heavy atom. The van der Waals surface area contributed by atoms with Crippen LogP contribution in [0.15, 0.2) is 0 Å². The van der Waals surface area contributed by atoms with Crippen molar-refractivity contribution in [2.45, 2.75) is 120 Å². The van der Waals surface area contributed by atoms with Gasteiger partial charge < -0.3 is 18.6 Å². The Kier molecular flexibility index (Phi) is 7.53. The molecule has 6 saturated carbocycles. The quantitative estimate of drug-likeness (QED) is 0.380. The topological polar surface area (TPSA) is 36.9 Å². The summed E-state index contributed by atoms with van der Waals surface area (Å²) in [6.45, 7) is 3.31. The van der Waals surface area contributed by atoms with Crippen LogP contribution in [0.3, 0.4) is 0 Å². The summed E-state index contributed by atoms with van der Waals surface area (Å²) < 4.78 is 23.7. The molecule has 6 heteroatoms. The molecule has 4 nitrogen and oxygen atoms in total. The fourth-order valence-electron chi connectivity index (χ4n) is 11.6. The molecule has 8 aliphatic rings. The molecule has 0 aromatic carbocycles. The van der Waals surface area contributed by atoms with Crippen LogP contribution in [0.25, 0.3) is 0 Å². The van der Waals surface area contributed by atoms with Gasteiger partial charge in [0.05, 0.1) is 26.4 Å². The minimum absolute atomic E-state index is 0.147. The molecule has 8 fully saturated rings. The summed E-state index contributed by atoms with van der Waals surface area (Å²) in [6.07, 6.45) is 24.8. The number of rotatable bonds is 2. The Morgan fingerprint density at radius 2 is 0.889 bits per heavy atom. The van der Waals surface area contributed by atoms with Gasteiger partial charge in [0.15, 0.2) is 0 Å². The fourth-order valence-corrected chi connectivity index (χ4v) is 11.6. The van der Waals surface area contributed by atoms with Crippen LogP contribution >= 0.6 is 0 Å². The first-order valence-corrected chi connectivity index (χ1v) is 16.3. The Hall–Kier alpha value is -0.0301. The zero-order valence-electron chi connectivity index (χ0n) is 22.8. The first-order valence-electron chi connectivity index (χ1n) is 16.3. The van der Waals surface area contributed by atoms with Crippen molar-refractivity contribution < 1.29 is 18.6 Å². The highest BCUT2D eigenvalue weighted by Gasteiger charge is 2.63. The number of hydrogen-bond acceptors (Lipinski definition) is 4. The van der Waals surface area contributed by atoms with Gasteiger partial charge in [-0.3, -0.25) is 0 Å². The van der Waals surface area contributed by atoms with Gasteiger partial charge in [-0.1, -0.05) is 96.3 Å². The van der Waals surface area contributed by atoms with E-state index >= 15 is 0 Å². The predicted molar refractivity (Wildman–Crippen MR) is 145 cm³/mol. The molecule has 0 bridgehead atoms. The second kappa shape index (κ2) is 10.9. The zero-order valence-corrected chi connectivity index (χ0v) is 22.8. The summed E-state index contributed by atoms with van der Waals surface area (Å²) in [4.78, 5) is 0.